The molecule has 0 heterocycles. The Labute approximate surface area is 86.3 Å². The largest absolute Gasteiger partial charge is 0.418 e. The lowest BCUT2D eigenvalue weighted by Crippen LogP contribution is -2.22. The first kappa shape index (κ1) is 12.4. The van der Waals surface area contributed by atoms with Crippen molar-refractivity contribution in [1.82, 2.24) is 0 Å². The van der Waals surface area contributed by atoms with Gasteiger partial charge in [0, 0.05) is 6.07 Å². The number of benzene rings is 1. The molecule has 0 spiro atoms. The average Bonchev–Trinajstić information content (AvgIpc) is 2.14. The van der Waals surface area contributed by atoms with Crippen LogP contribution in [-0.2, 0) is 0 Å². The van der Waals surface area contributed by atoms with Crippen LogP contribution < -0.4 is 0 Å². The standard InChI is InChI=1S/C8H5F4NO3/c9-4-2-1-3-5(13(15)16)6(4)7(14)8(10,11)12/h1-3,7,14H/t7-/m1/s1. The van der Waals surface area contributed by atoms with Crippen molar-refractivity contribution in [1.29, 1.82) is 0 Å². The van der Waals surface area contributed by atoms with E-state index in [-0.39, 0.29) is 0 Å². The molecule has 0 unspecified atom stereocenters. The van der Waals surface area contributed by atoms with E-state index in [1.54, 1.807) is 0 Å². The molecule has 0 aliphatic rings. The van der Waals surface area contributed by atoms with E-state index in [1.165, 1.54) is 0 Å². The third-order valence-corrected chi connectivity index (χ3v) is 1.81. The number of rotatable bonds is 2. The van der Waals surface area contributed by atoms with Gasteiger partial charge in [0.2, 0.25) is 0 Å². The fraction of sp³-hybridized carbons (Fsp3) is 0.250. The van der Waals surface area contributed by atoms with Crippen molar-refractivity contribution in [2.75, 3.05) is 0 Å². The molecule has 0 saturated heterocycles. The summed E-state index contributed by atoms with van der Waals surface area (Å²) in [4.78, 5) is 9.18. The maximum atomic E-state index is 13.0. The van der Waals surface area contributed by atoms with Gasteiger partial charge in [0.15, 0.2) is 6.10 Å². The number of hydrogen-bond acceptors (Lipinski definition) is 3. The second-order valence-electron chi connectivity index (χ2n) is 2.87. The Morgan fingerprint density at radius 3 is 2.38 bits per heavy atom. The van der Waals surface area contributed by atoms with Crippen molar-refractivity contribution in [2.45, 2.75) is 12.3 Å². The van der Waals surface area contributed by atoms with Crippen LogP contribution in [0.2, 0.25) is 0 Å². The highest BCUT2D eigenvalue weighted by Crippen LogP contribution is 2.38. The first-order valence-corrected chi connectivity index (χ1v) is 3.92. The molecule has 88 valence electrons. The molecule has 0 radical (unpaired) electrons. The van der Waals surface area contributed by atoms with Crippen LogP contribution in [0.15, 0.2) is 18.2 Å². The van der Waals surface area contributed by atoms with Crippen molar-refractivity contribution < 1.29 is 27.6 Å². The maximum absolute atomic E-state index is 13.0. The minimum absolute atomic E-state index is 0.608. The number of halogens is 4. The molecule has 0 amide bonds. The van der Waals surface area contributed by atoms with E-state index in [1.807, 2.05) is 0 Å². The first-order valence-electron chi connectivity index (χ1n) is 3.92. The summed E-state index contributed by atoms with van der Waals surface area (Å²) in [6.07, 6.45) is -8.37. The van der Waals surface area contributed by atoms with Crippen LogP contribution in [0, 0.1) is 15.9 Å². The van der Waals surface area contributed by atoms with Gasteiger partial charge >= 0.3 is 6.18 Å². The van der Waals surface area contributed by atoms with Crippen molar-refractivity contribution in [3.63, 3.8) is 0 Å². The van der Waals surface area contributed by atoms with Gasteiger partial charge in [-0.1, -0.05) is 6.07 Å². The topological polar surface area (TPSA) is 63.4 Å². The molecule has 4 nitrogen and oxygen atoms in total. The number of aliphatic hydroxyl groups is 1. The van der Waals surface area contributed by atoms with Gasteiger partial charge in [-0.25, -0.2) is 4.39 Å². The summed E-state index contributed by atoms with van der Waals surface area (Å²) in [5.41, 5.74) is -2.48. The third-order valence-electron chi connectivity index (χ3n) is 1.81. The first-order chi connectivity index (χ1) is 7.25. The summed E-state index contributed by atoms with van der Waals surface area (Å²) in [6, 6.07) is 2.19. The van der Waals surface area contributed by atoms with Crippen molar-refractivity contribution >= 4 is 5.69 Å². The van der Waals surface area contributed by atoms with Crippen LogP contribution in [0.1, 0.15) is 11.7 Å². The van der Waals surface area contributed by atoms with E-state index in [0.717, 1.165) is 6.07 Å². The highest BCUT2D eigenvalue weighted by Gasteiger charge is 2.44. The highest BCUT2D eigenvalue weighted by molar-refractivity contribution is 5.43. The van der Waals surface area contributed by atoms with Gasteiger partial charge in [0.1, 0.15) is 11.4 Å². The molecular formula is C8H5F4NO3. The Kier molecular flexibility index (Phi) is 3.13. The molecule has 0 saturated carbocycles. The van der Waals surface area contributed by atoms with Crippen molar-refractivity contribution in [3.8, 4) is 0 Å². The Hall–Kier alpha value is -1.70. The zero-order valence-corrected chi connectivity index (χ0v) is 7.53. The van der Waals surface area contributed by atoms with E-state index < -0.39 is 34.3 Å². The predicted octanol–water partition coefficient (Wildman–Crippen LogP) is 2.33. The van der Waals surface area contributed by atoms with E-state index in [4.69, 9.17) is 5.11 Å². The Morgan fingerprint density at radius 1 is 1.38 bits per heavy atom. The molecule has 8 heteroatoms. The van der Waals surface area contributed by atoms with Crippen molar-refractivity contribution in [3.05, 3.63) is 39.7 Å². The van der Waals surface area contributed by atoms with Crippen molar-refractivity contribution in [2.24, 2.45) is 0 Å². The van der Waals surface area contributed by atoms with Gasteiger partial charge in [0.25, 0.3) is 5.69 Å². The van der Waals surface area contributed by atoms with Gasteiger partial charge in [0.05, 0.1) is 4.92 Å². The number of alkyl halides is 3. The zero-order valence-electron chi connectivity index (χ0n) is 7.53. The smallest absolute Gasteiger partial charge is 0.379 e. The van der Waals surface area contributed by atoms with Crippen LogP contribution in [0.25, 0.3) is 0 Å². The second-order valence-corrected chi connectivity index (χ2v) is 2.87. The van der Waals surface area contributed by atoms with Gasteiger partial charge in [-0.15, -0.1) is 0 Å². The molecule has 1 rings (SSSR count). The van der Waals surface area contributed by atoms with Crippen LogP contribution in [0.4, 0.5) is 23.2 Å². The Bertz CT molecular complexity index is 418. The summed E-state index contributed by atoms with van der Waals surface area (Å²) in [5.74, 6) is -1.47. The van der Waals surface area contributed by atoms with Gasteiger partial charge in [-0.3, -0.25) is 10.1 Å². The van der Waals surface area contributed by atoms with E-state index >= 15 is 0 Å². The lowest BCUT2D eigenvalue weighted by atomic mass is 10.1. The fourth-order valence-corrected chi connectivity index (χ4v) is 1.12. The predicted molar refractivity (Wildman–Crippen MR) is 44.1 cm³/mol. The Morgan fingerprint density at radius 2 is 1.94 bits per heavy atom. The SMILES string of the molecule is O=[N+]([O-])c1cccc(F)c1[C@@H](O)C(F)(F)F. The summed E-state index contributed by atoms with van der Waals surface area (Å²) in [7, 11) is 0. The summed E-state index contributed by atoms with van der Waals surface area (Å²) < 4.78 is 49.4. The fourth-order valence-electron chi connectivity index (χ4n) is 1.12. The minimum Gasteiger partial charge on any atom is -0.379 e. The summed E-state index contributed by atoms with van der Waals surface area (Å²) in [5, 5.41) is 19.2. The van der Waals surface area contributed by atoms with Gasteiger partial charge in [-0.05, 0) is 6.07 Å². The lowest BCUT2D eigenvalue weighted by Gasteiger charge is -2.15. The molecule has 0 aromatic heterocycles. The average molecular weight is 239 g/mol. The number of nitro benzene ring substituents is 1. The molecular weight excluding hydrogens is 234 g/mol. The van der Waals surface area contributed by atoms with E-state index in [2.05, 4.69) is 0 Å². The minimum atomic E-state index is -5.16. The number of nitro groups is 1. The highest BCUT2D eigenvalue weighted by atomic mass is 19.4. The molecule has 0 aliphatic carbocycles. The van der Waals surface area contributed by atoms with Crippen LogP contribution in [-0.4, -0.2) is 16.2 Å². The maximum Gasteiger partial charge on any atom is 0.418 e. The molecule has 0 fully saturated rings. The van der Waals surface area contributed by atoms with Crippen LogP contribution in [0.3, 0.4) is 0 Å². The number of aliphatic hydroxyl groups excluding tert-OH is 1. The summed E-state index contributed by atoms with van der Waals surface area (Å²) in [6.45, 7) is 0. The zero-order chi connectivity index (χ0) is 12.5. The van der Waals surface area contributed by atoms with Gasteiger partial charge in [-0.2, -0.15) is 13.2 Å². The molecule has 0 bridgehead atoms. The molecule has 1 N–H and O–H groups in total. The van der Waals surface area contributed by atoms with Crippen LogP contribution in [0.5, 0.6) is 0 Å². The lowest BCUT2D eigenvalue weighted by molar-refractivity contribution is -0.387. The van der Waals surface area contributed by atoms with Gasteiger partial charge < -0.3 is 5.11 Å². The molecule has 16 heavy (non-hydrogen) atoms. The number of nitrogens with zero attached hydrogens (tertiary/aromatic N) is 1. The molecule has 1 atom stereocenters. The van der Waals surface area contributed by atoms with E-state index in [0.29, 0.717) is 12.1 Å². The second kappa shape index (κ2) is 4.05. The van der Waals surface area contributed by atoms with E-state index in [9.17, 15) is 27.7 Å². The third kappa shape index (κ3) is 2.27. The normalized spacial score (nSPS) is 13.6. The van der Waals surface area contributed by atoms with Crippen LogP contribution >= 0.6 is 0 Å². The number of hydrogen-bond donors (Lipinski definition) is 1. The molecule has 0 aliphatic heterocycles. The Balaban J connectivity index is 3.36. The quantitative estimate of drug-likeness (QED) is 0.489. The molecule has 1 aromatic carbocycles. The molecule has 1 aromatic rings. The summed E-state index contributed by atoms with van der Waals surface area (Å²) >= 11 is 0. The monoisotopic (exact) mass is 239 g/mol.